The first-order chi connectivity index (χ1) is 9.83. The molecule has 0 amide bonds. The second kappa shape index (κ2) is 5.01. The molecule has 0 atom stereocenters. The molecule has 0 aliphatic rings. The fraction of sp³-hybridized carbons (Fsp3) is 0.231. The number of fused-ring (bicyclic) bond motifs is 1. The molecule has 0 saturated heterocycles. The van der Waals surface area contributed by atoms with Gasteiger partial charge in [0.1, 0.15) is 17.4 Å². The van der Waals surface area contributed by atoms with Crippen LogP contribution >= 0.6 is 0 Å². The van der Waals surface area contributed by atoms with E-state index in [9.17, 15) is 18.0 Å². The topological polar surface area (TPSA) is 72.5 Å². The van der Waals surface area contributed by atoms with E-state index in [0.717, 1.165) is 0 Å². The summed E-state index contributed by atoms with van der Waals surface area (Å²) in [6.45, 7) is 0. The Kier molecular flexibility index (Phi) is 3.51. The van der Waals surface area contributed by atoms with E-state index in [1.165, 1.54) is 20.3 Å². The Balaban J connectivity index is 3.01. The minimum atomic E-state index is -4.83. The van der Waals surface area contributed by atoms with Crippen LogP contribution in [-0.4, -0.2) is 14.2 Å². The Bertz CT molecular complexity index is 802. The minimum Gasteiger partial charge on any atom is -0.495 e. The summed E-state index contributed by atoms with van der Waals surface area (Å²) in [7, 11) is 2.45. The fourth-order valence-corrected chi connectivity index (χ4v) is 1.85. The lowest BCUT2D eigenvalue weighted by molar-refractivity contribution is -0.152. The van der Waals surface area contributed by atoms with Crippen molar-refractivity contribution in [2.24, 2.45) is 0 Å². The molecule has 2 aromatic rings. The summed E-state index contributed by atoms with van der Waals surface area (Å²) in [5.74, 6) is -1.59. The van der Waals surface area contributed by atoms with E-state index in [1.807, 2.05) is 0 Å². The summed E-state index contributed by atoms with van der Waals surface area (Å²) in [5.41, 5.74) is -1.66. The lowest BCUT2D eigenvalue weighted by Crippen LogP contribution is -2.12. The highest BCUT2D eigenvalue weighted by atomic mass is 19.4. The third-order valence-electron chi connectivity index (χ3n) is 2.76. The molecule has 0 fully saturated rings. The van der Waals surface area contributed by atoms with Crippen LogP contribution in [0.4, 0.5) is 13.2 Å². The van der Waals surface area contributed by atoms with Crippen molar-refractivity contribution in [1.82, 2.24) is 0 Å². The number of benzene rings is 1. The number of rotatable bonds is 2. The molecular weight excluding hydrogens is 291 g/mol. The number of hydrogen-bond acceptors (Lipinski definition) is 5. The molecule has 8 heteroatoms. The summed E-state index contributed by atoms with van der Waals surface area (Å²) in [5, 5.41) is 8.77. The average Bonchev–Trinajstić information content (AvgIpc) is 2.44. The molecule has 0 radical (unpaired) electrons. The maximum Gasteiger partial charge on any atom is 0.449 e. The molecule has 0 N–H and O–H groups in total. The van der Waals surface area contributed by atoms with Crippen molar-refractivity contribution in [2.75, 3.05) is 14.2 Å². The van der Waals surface area contributed by atoms with Crippen LogP contribution in [0.2, 0.25) is 0 Å². The summed E-state index contributed by atoms with van der Waals surface area (Å²) >= 11 is 0. The second-order valence-corrected chi connectivity index (χ2v) is 3.94. The fourth-order valence-electron chi connectivity index (χ4n) is 1.85. The molecule has 110 valence electrons. The van der Waals surface area contributed by atoms with Gasteiger partial charge < -0.3 is 13.9 Å². The van der Waals surface area contributed by atoms with Gasteiger partial charge in [-0.2, -0.15) is 18.4 Å². The van der Waals surface area contributed by atoms with Crippen molar-refractivity contribution >= 4 is 11.0 Å². The second-order valence-electron chi connectivity index (χ2n) is 3.94. The van der Waals surface area contributed by atoms with Crippen LogP contribution in [0, 0.1) is 11.3 Å². The first-order valence-electron chi connectivity index (χ1n) is 5.53. The molecule has 21 heavy (non-hydrogen) atoms. The van der Waals surface area contributed by atoms with E-state index in [0.29, 0.717) is 6.07 Å². The Hall–Kier alpha value is -2.69. The van der Waals surface area contributed by atoms with Crippen LogP contribution in [0.15, 0.2) is 21.3 Å². The molecule has 0 aliphatic carbocycles. The van der Waals surface area contributed by atoms with Gasteiger partial charge in [-0.1, -0.05) is 0 Å². The number of nitrogens with zero attached hydrogens (tertiary/aromatic N) is 1. The Labute approximate surface area is 116 Å². The van der Waals surface area contributed by atoms with Gasteiger partial charge in [0.25, 0.3) is 0 Å². The molecule has 1 aromatic carbocycles. The van der Waals surface area contributed by atoms with Crippen molar-refractivity contribution in [2.45, 2.75) is 6.18 Å². The lowest BCUT2D eigenvalue weighted by atomic mass is 10.1. The normalized spacial score (nSPS) is 11.2. The van der Waals surface area contributed by atoms with Crippen LogP contribution in [0.3, 0.4) is 0 Å². The molecule has 2 rings (SSSR count). The monoisotopic (exact) mass is 299 g/mol. The number of nitriles is 1. The number of halogens is 3. The van der Waals surface area contributed by atoms with Crippen molar-refractivity contribution < 1.29 is 27.1 Å². The Morgan fingerprint density at radius 1 is 1.19 bits per heavy atom. The zero-order chi connectivity index (χ0) is 15.8. The highest BCUT2D eigenvalue weighted by molar-refractivity contribution is 5.90. The van der Waals surface area contributed by atoms with Crippen LogP contribution in [0.1, 0.15) is 11.3 Å². The standard InChI is InChI=1S/C13H8F3NO4/c1-19-8-4-9(20-2)12-11(6(8)5-17)7(18)3-10(21-12)13(14,15)16/h3-4H,1-2H3. The van der Waals surface area contributed by atoms with Gasteiger partial charge >= 0.3 is 6.18 Å². The maximum atomic E-state index is 12.7. The number of methoxy groups -OCH3 is 2. The van der Waals surface area contributed by atoms with Gasteiger partial charge in [0, 0.05) is 12.1 Å². The van der Waals surface area contributed by atoms with Crippen molar-refractivity contribution in [3.05, 3.63) is 33.7 Å². The molecule has 0 unspecified atom stereocenters. The van der Waals surface area contributed by atoms with E-state index in [2.05, 4.69) is 0 Å². The third kappa shape index (κ3) is 2.38. The highest BCUT2D eigenvalue weighted by Gasteiger charge is 2.36. The lowest BCUT2D eigenvalue weighted by Gasteiger charge is -2.12. The Morgan fingerprint density at radius 3 is 2.29 bits per heavy atom. The zero-order valence-electron chi connectivity index (χ0n) is 10.9. The van der Waals surface area contributed by atoms with E-state index >= 15 is 0 Å². The molecule has 0 bridgehead atoms. The predicted molar refractivity (Wildman–Crippen MR) is 65.3 cm³/mol. The van der Waals surface area contributed by atoms with Crippen molar-refractivity contribution in [3.63, 3.8) is 0 Å². The van der Waals surface area contributed by atoms with Gasteiger partial charge in [0.2, 0.25) is 5.76 Å². The van der Waals surface area contributed by atoms with E-state index in [-0.39, 0.29) is 22.4 Å². The molecule has 5 nitrogen and oxygen atoms in total. The average molecular weight is 299 g/mol. The van der Waals surface area contributed by atoms with Gasteiger partial charge in [0.05, 0.1) is 19.6 Å². The van der Waals surface area contributed by atoms with Crippen LogP contribution in [0.25, 0.3) is 11.0 Å². The summed E-state index contributed by atoms with van der Waals surface area (Å²) in [6.07, 6.45) is -4.83. The largest absolute Gasteiger partial charge is 0.495 e. The molecule has 1 heterocycles. The first kappa shape index (κ1) is 14.7. The molecule has 0 spiro atoms. The first-order valence-corrected chi connectivity index (χ1v) is 5.53. The minimum absolute atomic E-state index is 0.00825. The van der Waals surface area contributed by atoms with Crippen molar-refractivity contribution in [3.8, 4) is 17.6 Å². The third-order valence-corrected chi connectivity index (χ3v) is 2.76. The predicted octanol–water partition coefficient (Wildman–Crippen LogP) is 2.70. The zero-order valence-corrected chi connectivity index (χ0v) is 10.9. The summed E-state index contributed by atoms with van der Waals surface area (Å²) < 4.78 is 52.6. The Morgan fingerprint density at radius 2 is 1.81 bits per heavy atom. The van der Waals surface area contributed by atoms with Crippen molar-refractivity contribution in [1.29, 1.82) is 5.26 Å². The SMILES string of the molecule is COc1cc(OC)c2oc(C(F)(F)F)cc(=O)c2c1C#N. The van der Waals surface area contributed by atoms with Crippen LogP contribution < -0.4 is 14.9 Å². The van der Waals surface area contributed by atoms with Crippen LogP contribution in [-0.2, 0) is 6.18 Å². The van der Waals surface area contributed by atoms with E-state index in [1.54, 1.807) is 6.07 Å². The summed E-state index contributed by atoms with van der Waals surface area (Å²) in [6, 6.07) is 3.20. The van der Waals surface area contributed by atoms with Gasteiger partial charge in [-0.3, -0.25) is 4.79 Å². The van der Waals surface area contributed by atoms with Gasteiger partial charge in [0.15, 0.2) is 16.8 Å². The smallest absolute Gasteiger partial charge is 0.449 e. The quantitative estimate of drug-likeness (QED) is 0.852. The molecule has 0 aliphatic heterocycles. The molecule has 0 saturated carbocycles. The number of ether oxygens (including phenoxy) is 2. The highest BCUT2D eigenvalue weighted by Crippen LogP contribution is 2.37. The van der Waals surface area contributed by atoms with Crippen LogP contribution in [0.5, 0.6) is 11.5 Å². The van der Waals surface area contributed by atoms with E-state index in [4.69, 9.17) is 19.2 Å². The number of hydrogen-bond donors (Lipinski definition) is 0. The molecular formula is C13H8F3NO4. The number of alkyl halides is 3. The van der Waals surface area contributed by atoms with Gasteiger partial charge in [-0.25, -0.2) is 0 Å². The maximum absolute atomic E-state index is 12.7. The van der Waals surface area contributed by atoms with Gasteiger partial charge in [-0.05, 0) is 0 Å². The molecule has 1 aromatic heterocycles. The van der Waals surface area contributed by atoms with Gasteiger partial charge in [-0.15, -0.1) is 0 Å². The summed E-state index contributed by atoms with van der Waals surface area (Å²) in [4.78, 5) is 11.9. The van der Waals surface area contributed by atoms with E-state index < -0.39 is 22.9 Å².